The van der Waals surface area contributed by atoms with Crippen LogP contribution in [-0.2, 0) is 14.4 Å². The van der Waals surface area contributed by atoms with Gasteiger partial charge in [-0.05, 0) is 25.8 Å². The van der Waals surface area contributed by atoms with Gasteiger partial charge in [0.1, 0.15) is 10.9 Å². The molecule has 1 fully saturated rings. The van der Waals surface area contributed by atoms with Gasteiger partial charge in [-0.1, -0.05) is 19.3 Å². The summed E-state index contributed by atoms with van der Waals surface area (Å²) in [4.78, 5) is 41.0. The molecule has 0 aliphatic heterocycles. The number of carbonyl (C=O) groups excluding carboxylic acids is 3. The van der Waals surface area contributed by atoms with Crippen LogP contribution in [0.25, 0.3) is 10.2 Å². The Balaban J connectivity index is 1.71. The molecule has 28 heavy (non-hydrogen) atoms. The van der Waals surface area contributed by atoms with Crippen LogP contribution in [-0.4, -0.2) is 40.2 Å². The number of hydrogen-bond acceptors (Lipinski definition) is 7. The van der Waals surface area contributed by atoms with E-state index in [1.807, 2.05) is 13.0 Å². The average Bonchev–Trinajstić information content (AvgIpc) is 3.22. The van der Waals surface area contributed by atoms with Crippen molar-refractivity contribution in [3.63, 3.8) is 0 Å². The molecular weight excluding hydrogens is 382 g/mol. The molecule has 0 spiro atoms. The van der Waals surface area contributed by atoms with Crippen molar-refractivity contribution in [2.75, 3.05) is 6.54 Å². The van der Waals surface area contributed by atoms with Gasteiger partial charge in [0.2, 0.25) is 5.91 Å². The Bertz CT molecular complexity index is 884. The van der Waals surface area contributed by atoms with Crippen LogP contribution in [0.2, 0.25) is 0 Å². The van der Waals surface area contributed by atoms with Crippen LogP contribution in [0.15, 0.2) is 6.07 Å². The lowest BCUT2D eigenvalue weighted by Crippen LogP contribution is -2.49. The maximum absolute atomic E-state index is 12.6. The number of hydrogen-bond donors (Lipinski definition) is 3. The highest BCUT2D eigenvalue weighted by molar-refractivity contribution is 7.20. The zero-order chi connectivity index (χ0) is 20.3. The monoisotopic (exact) mass is 407 g/mol. The number of aromatic nitrogens is 2. The molecular formula is C18H25N5O4S. The Morgan fingerprint density at radius 2 is 2.07 bits per heavy atom. The summed E-state index contributed by atoms with van der Waals surface area (Å²) in [5.74, 6) is -1.65. The van der Waals surface area contributed by atoms with E-state index in [1.54, 1.807) is 0 Å². The number of nitrogens with one attached hydrogen (secondary N) is 2. The number of hydroxylamine groups is 1. The topological polar surface area (TPSA) is 128 Å². The zero-order valence-corrected chi connectivity index (χ0v) is 16.8. The first-order valence-corrected chi connectivity index (χ1v) is 10.2. The molecule has 2 heterocycles. The molecule has 3 rings (SSSR count). The van der Waals surface area contributed by atoms with Crippen molar-refractivity contribution in [3.05, 3.63) is 16.6 Å². The van der Waals surface area contributed by atoms with Crippen LogP contribution in [0.4, 0.5) is 0 Å². The lowest BCUT2D eigenvalue weighted by molar-refractivity contribution is -0.151. The quantitative estimate of drug-likeness (QED) is 0.598. The van der Waals surface area contributed by atoms with E-state index in [9.17, 15) is 14.4 Å². The molecule has 0 aromatic carbocycles. The first-order chi connectivity index (χ1) is 13.4. The summed E-state index contributed by atoms with van der Waals surface area (Å²) in [6.07, 6.45) is 5.89. The number of nitrogens with zero attached hydrogens (tertiary/aromatic N) is 2. The Morgan fingerprint density at radius 3 is 2.71 bits per heavy atom. The second-order valence-corrected chi connectivity index (χ2v) is 8.06. The summed E-state index contributed by atoms with van der Waals surface area (Å²) in [6.45, 7) is 3.05. The number of nitrogens with two attached hydrogens (primary N) is 1. The van der Waals surface area contributed by atoms with Gasteiger partial charge in [-0.25, -0.2) is 0 Å². The minimum absolute atomic E-state index is 0.0938. The third-order valence-corrected chi connectivity index (χ3v) is 5.99. The second kappa shape index (κ2) is 8.70. The first kappa shape index (κ1) is 20.3. The van der Waals surface area contributed by atoms with Crippen LogP contribution < -0.4 is 16.5 Å². The van der Waals surface area contributed by atoms with Gasteiger partial charge in [0.05, 0.1) is 16.6 Å². The van der Waals surface area contributed by atoms with E-state index in [4.69, 9.17) is 5.73 Å². The molecule has 0 radical (unpaired) electrons. The number of amides is 2. The molecule has 1 aliphatic carbocycles. The molecule has 9 nitrogen and oxygen atoms in total. The van der Waals surface area contributed by atoms with Gasteiger partial charge in [-0.15, -0.1) is 16.8 Å². The fourth-order valence-corrected chi connectivity index (χ4v) is 4.54. The fraction of sp³-hybridized carbons (Fsp3) is 0.556. The minimum Gasteiger partial charge on any atom is -0.370 e. The van der Waals surface area contributed by atoms with Gasteiger partial charge in [-0.3, -0.25) is 19.1 Å². The maximum atomic E-state index is 12.6. The lowest BCUT2D eigenvalue weighted by Gasteiger charge is -2.22. The van der Waals surface area contributed by atoms with Crippen molar-refractivity contribution in [2.45, 2.75) is 58.0 Å². The third-order valence-electron chi connectivity index (χ3n) is 4.87. The average molecular weight is 407 g/mol. The summed E-state index contributed by atoms with van der Waals surface area (Å²) in [7, 11) is 0. The molecule has 0 saturated heterocycles. The molecule has 1 atom stereocenters. The van der Waals surface area contributed by atoms with Crippen molar-refractivity contribution < 1.29 is 19.2 Å². The molecule has 0 bridgehead atoms. The summed E-state index contributed by atoms with van der Waals surface area (Å²) < 4.78 is 2.07. The highest BCUT2D eigenvalue weighted by atomic mass is 32.1. The molecule has 2 aromatic heterocycles. The molecule has 1 aliphatic rings. The minimum atomic E-state index is -1.01. The Labute approximate surface area is 166 Å². The van der Waals surface area contributed by atoms with Gasteiger partial charge in [0.25, 0.3) is 5.91 Å². The third kappa shape index (κ3) is 4.50. The van der Waals surface area contributed by atoms with E-state index >= 15 is 0 Å². The lowest BCUT2D eigenvalue weighted by atomic mass is 9.96. The van der Waals surface area contributed by atoms with Gasteiger partial charge < -0.3 is 15.9 Å². The number of primary amides is 1. The zero-order valence-electron chi connectivity index (χ0n) is 16.0. The number of aryl methyl sites for hydroxylation is 1. The first-order valence-electron chi connectivity index (χ1n) is 9.36. The summed E-state index contributed by atoms with van der Waals surface area (Å²) in [5, 5.41) is 8.33. The molecule has 2 aromatic rings. The summed E-state index contributed by atoms with van der Waals surface area (Å²) in [6, 6.07) is 1.20. The molecule has 4 N–H and O–H groups in total. The standard InChI is InChI=1S/C18H25N5O4S/c1-10-13-8-15(17(26)20-9-14(16(19)25)22-27-11(2)24)28-18(13)23(21-10)12-6-4-3-5-7-12/h8,12,14,22H,3-7,9H2,1-2H3,(H2,19,25)(H,20,26). The van der Waals surface area contributed by atoms with Crippen molar-refractivity contribution >= 4 is 39.3 Å². The van der Waals surface area contributed by atoms with Crippen molar-refractivity contribution in [1.29, 1.82) is 0 Å². The van der Waals surface area contributed by atoms with E-state index in [-0.39, 0.29) is 12.5 Å². The number of carbonyl (C=O) groups is 3. The van der Waals surface area contributed by atoms with Crippen LogP contribution in [0.1, 0.15) is 60.4 Å². The predicted molar refractivity (Wildman–Crippen MR) is 105 cm³/mol. The SMILES string of the molecule is CC(=O)ONC(CNC(=O)c1cc2c(C)nn(C3CCCCC3)c2s1)C(N)=O. The smallest absolute Gasteiger partial charge is 0.321 e. The number of fused-ring (bicyclic) bond motifs is 1. The van der Waals surface area contributed by atoms with Crippen molar-refractivity contribution in [3.8, 4) is 0 Å². The Kier molecular flexibility index (Phi) is 6.30. The van der Waals surface area contributed by atoms with E-state index < -0.39 is 17.9 Å². The van der Waals surface area contributed by atoms with Crippen LogP contribution >= 0.6 is 11.3 Å². The maximum Gasteiger partial charge on any atom is 0.321 e. The molecule has 1 saturated carbocycles. The summed E-state index contributed by atoms with van der Waals surface area (Å²) in [5.41, 5.74) is 8.43. The largest absolute Gasteiger partial charge is 0.370 e. The predicted octanol–water partition coefficient (Wildman–Crippen LogP) is 1.56. The highest BCUT2D eigenvalue weighted by Gasteiger charge is 2.23. The van der Waals surface area contributed by atoms with Gasteiger partial charge in [-0.2, -0.15) is 5.10 Å². The molecule has 1 unspecified atom stereocenters. The molecule has 152 valence electrons. The summed E-state index contributed by atoms with van der Waals surface area (Å²) >= 11 is 1.39. The van der Waals surface area contributed by atoms with Crippen LogP contribution in [0, 0.1) is 6.92 Å². The van der Waals surface area contributed by atoms with E-state index in [2.05, 4.69) is 25.4 Å². The van der Waals surface area contributed by atoms with Crippen LogP contribution in [0.3, 0.4) is 0 Å². The Morgan fingerprint density at radius 1 is 1.36 bits per heavy atom. The van der Waals surface area contributed by atoms with E-state index in [0.29, 0.717) is 10.9 Å². The second-order valence-electron chi connectivity index (χ2n) is 7.03. The fourth-order valence-electron chi connectivity index (χ4n) is 3.39. The molecule has 10 heteroatoms. The molecule has 2 amide bonds. The van der Waals surface area contributed by atoms with Gasteiger partial charge >= 0.3 is 5.97 Å². The highest BCUT2D eigenvalue weighted by Crippen LogP contribution is 2.35. The Hall–Kier alpha value is -2.46. The number of thiophene rings is 1. The van der Waals surface area contributed by atoms with E-state index in [0.717, 1.165) is 28.8 Å². The van der Waals surface area contributed by atoms with Crippen molar-refractivity contribution in [1.82, 2.24) is 20.6 Å². The van der Waals surface area contributed by atoms with Crippen molar-refractivity contribution in [2.24, 2.45) is 5.73 Å². The number of rotatable bonds is 7. The van der Waals surface area contributed by atoms with Gasteiger partial charge in [0.15, 0.2) is 0 Å². The van der Waals surface area contributed by atoms with Crippen LogP contribution in [0.5, 0.6) is 0 Å². The normalized spacial score (nSPS) is 16.1. The van der Waals surface area contributed by atoms with Gasteiger partial charge in [0, 0.05) is 18.9 Å². The van der Waals surface area contributed by atoms with E-state index in [1.165, 1.54) is 37.5 Å².